The van der Waals surface area contributed by atoms with Crippen LogP contribution in [-0.2, 0) is 11.2 Å². The second kappa shape index (κ2) is 5.02. The highest BCUT2D eigenvalue weighted by Crippen LogP contribution is 2.50. The summed E-state index contributed by atoms with van der Waals surface area (Å²) in [6.45, 7) is 0.671. The van der Waals surface area contributed by atoms with Gasteiger partial charge in [0.05, 0.1) is 6.10 Å². The monoisotopic (exact) mass is 286 g/mol. The third-order valence-corrected chi connectivity index (χ3v) is 4.90. The standard InChI is InChI=1S/C15H17ClF2O/c16-9-15(5-6-19-14(15)10-1-2-10)8-11-7-12(17)3-4-13(11)18/h3-4,7,10,14H,1-2,5-6,8-9H2. The van der Waals surface area contributed by atoms with E-state index < -0.39 is 5.82 Å². The van der Waals surface area contributed by atoms with Gasteiger partial charge in [-0.15, -0.1) is 11.6 Å². The summed E-state index contributed by atoms with van der Waals surface area (Å²) >= 11 is 6.18. The van der Waals surface area contributed by atoms with Crippen molar-refractivity contribution in [1.29, 1.82) is 0 Å². The summed E-state index contributed by atoms with van der Waals surface area (Å²) in [6, 6.07) is 3.62. The van der Waals surface area contributed by atoms with Crippen LogP contribution in [-0.4, -0.2) is 18.6 Å². The van der Waals surface area contributed by atoms with Crippen LogP contribution < -0.4 is 0 Å². The van der Waals surface area contributed by atoms with Crippen molar-refractivity contribution in [1.82, 2.24) is 0 Å². The molecule has 1 saturated heterocycles. The number of hydrogen-bond donors (Lipinski definition) is 0. The molecule has 104 valence electrons. The highest BCUT2D eigenvalue weighted by atomic mass is 35.5. The van der Waals surface area contributed by atoms with E-state index in [4.69, 9.17) is 16.3 Å². The molecule has 0 bridgehead atoms. The molecular weight excluding hydrogens is 270 g/mol. The Morgan fingerprint density at radius 1 is 1.32 bits per heavy atom. The Kier molecular flexibility index (Phi) is 3.52. The quantitative estimate of drug-likeness (QED) is 0.762. The van der Waals surface area contributed by atoms with E-state index in [-0.39, 0.29) is 17.3 Å². The minimum atomic E-state index is -0.400. The van der Waals surface area contributed by atoms with Gasteiger partial charge in [0, 0.05) is 17.9 Å². The van der Waals surface area contributed by atoms with E-state index in [0.29, 0.717) is 30.4 Å². The lowest BCUT2D eigenvalue weighted by molar-refractivity contribution is 0.0399. The average molecular weight is 287 g/mol. The second-order valence-corrected chi connectivity index (χ2v) is 6.05. The van der Waals surface area contributed by atoms with Crippen LogP contribution in [0.15, 0.2) is 18.2 Å². The molecule has 1 aliphatic carbocycles. The number of alkyl halides is 1. The van der Waals surface area contributed by atoms with Gasteiger partial charge in [0.25, 0.3) is 0 Å². The molecule has 2 unspecified atom stereocenters. The Hall–Kier alpha value is -0.670. The van der Waals surface area contributed by atoms with Crippen LogP contribution >= 0.6 is 11.6 Å². The lowest BCUT2D eigenvalue weighted by Gasteiger charge is -2.32. The maximum atomic E-state index is 13.8. The first-order chi connectivity index (χ1) is 9.14. The Morgan fingerprint density at radius 3 is 2.79 bits per heavy atom. The molecule has 0 amide bonds. The molecule has 0 spiro atoms. The van der Waals surface area contributed by atoms with Crippen molar-refractivity contribution in [2.75, 3.05) is 12.5 Å². The van der Waals surface area contributed by atoms with Crippen LogP contribution in [0.5, 0.6) is 0 Å². The molecule has 0 aromatic heterocycles. The van der Waals surface area contributed by atoms with Crippen molar-refractivity contribution in [3.05, 3.63) is 35.4 Å². The molecule has 1 heterocycles. The molecule has 1 aromatic carbocycles. The summed E-state index contributed by atoms with van der Waals surface area (Å²) < 4.78 is 32.9. The van der Waals surface area contributed by atoms with E-state index in [9.17, 15) is 8.78 Å². The van der Waals surface area contributed by atoms with Gasteiger partial charge in [0.1, 0.15) is 11.6 Å². The van der Waals surface area contributed by atoms with Crippen LogP contribution in [0.25, 0.3) is 0 Å². The predicted octanol–water partition coefficient (Wildman–Crippen LogP) is 3.93. The molecule has 0 radical (unpaired) electrons. The minimum Gasteiger partial charge on any atom is -0.377 e. The molecule has 1 nitrogen and oxygen atoms in total. The average Bonchev–Trinajstić information content (AvgIpc) is 3.16. The molecule has 3 rings (SSSR count). The second-order valence-electron chi connectivity index (χ2n) is 5.79. The smallest absolute Gasteiger partial charge is 0.126 e. The molecule has 1 saturated carbocycles. The molecule has 0 N–H and O–H groups in total. The highest BCUT2D eigenvalue weighted by molar-refractivity contribution is 6.18. The number of hydrogen-bond acceptors (Lipinski definition) is 1. The van der Waals surface area contributed by atoms with E-state index in [2.05, 4.69) is 0 Å². The van der Waals surface area contributed by atoms with Gasteiger partial charge in [-0.3, -0.25) is 0 Å². The van der Waals surface area contributed by atoms with Gasteiger partial charge < -0.3 is 4.74 Å². The summed E-state index contributed by atoms with van der Waals surface area (Å²) in [6.07, 6.45) is 3.71. The van der Waals surface area contributed by atoms with Gasteiger partial charge >= 0.3 is 0 Å². The van der Waals surface area contributed by atoms with Gasteiger partial charge in [-0.2, -0.15) is 0 Å². The fourth-order valence-corrected chi connectivity index (χ4v) is 3.56. The Morgan fingerprint density at radius 2 is 2.11 bits per heavy atom. The highest BCUT2D eigenvalue weighted by Gasteiger charge is 2.50. The zero-order valence-corrected chi connectivity index (χ0v) is 11.4. The van der Waals surface area contributed by atoms with Crippen molar-refractivity contribution in [2.24, 2.45) is 11.3 Å². The number of halogens is 3. The molecule has 2 fully saturated rings. The van der Waals surface area contributed by atoms with Crippen molar-refractivity contribution >= 4 is 11.6 Å². The maximum Gasteiger partial charge on any atom is 0.126 e. The van der Waals surface area contributed by atoms with E-state index in [1.54, 1.807) is 0 Å². The van der Waals surface area contributed by atoms with Crippen LogP contribution in [0, 0.1) is 23.0 Å². The van der Waals surface area contributed by atoms with E-state index >= 15 is 0 Å². The van der Waals surface area contributed by atoms with Crippen molar-refractivity contribution in [3.63, 3.8) is 0 Å². The largest absolute Gasteiger partial charge is 0.377 e. The zero-order valence-electron chi connectivity index (χ0n) is 10.7. The van der Waals surface area contributed by atoms with E-state index in [1.165, 1.54) is 12.1 Å². The van der Waals surface area contributed by atoms with Crippen molar-refractivity contribution in [2.45, 2.75) is 31.8 Å². The minimum absolute atomic E-state index is 0.104. The predicted molar refractivity (Wildman–Crippen MR) is 70.3 cm³/mol. The van der Waals surface area contributed by atoms with Gasteiger partial charge in [0.2, 0.25) is 0 Å². The van der Waals surface area contributed by atoms with Gasteiger partial charge in [-0.05, 0) is 55.4 Å². The van der Waals surface area contributed by atoms with Crippen molar-refractivity contribution < 1.29 is 13.5 Å². The van der Waals surface area contributed by atoms with Gasteiger partial charge in [-0.1, -0.05) is 0 Å². The van der Waals surface area contributed by atoms with Crippen molar-refractivity contribution in [3.8, 4) is 0 Å². The third kappa shape index (κ3) is 2.50. The maximum absolute atomic E-state index is 13.8. The Labute approximate surface area is 116 Å². The van der Waals surface area contributed by atoms with Crippen LogP contribution in [0.2, 0.25) is 0 Å². The summed E-state index contributed by atoms with van der Waals surface area (Å²) in [4.78, 5) is 0. The summed E-state index contributed by atoms with van der Waals surface area (Å²) in [7, 11) is 0. The molecule has 2 aliphatic rings. The lowest BCUT2D eigenvalue weighted by Crippen LogP contribution is -2.37. The third-order valence-electron chi connectivity index (χ3n) is 4.37. The summed E-state index contributed by atoms with van der Waals surface area (Å²) in [5, 5.41) is 0. The van der Waals surface area contributed by atoms with Gasteiger partial charge in [0.15, 0.2) is 0 Å². The van der Waals surface area contributed by atoms with E-state index in [0.717, 1.165) is 25.3 Å². The molecule has 4 heteroatoms. The SMILES string of the molecule is Fc1ccc(F)c(CC2(CCl)CCOC2C2CC2)c1. The fraction of sp³-hybridized carbons (Fsp3) is 0.600. The fourth-order valence-electron chi connectivity index (χ4n) is 3.18. The first-order valence-corrected chi connectivity index (χ1v) is 7.29. The normalized spacial score (nSPS) is 30.8. The molecular formula is C15H17ClF2O. The van der Waals surface area contributed by atoms with Crippen LogP contribution in [0.1, 0.15) is 24.8 Å². The topological polar surface area (TPSA) is 9.23 Å². The zero-order chi connectivity index (χ0) is 13.5. The Bertz CT molecular complexity index is 475. The van der Waals surface area contributed by atoms with E-state index in [1.807, 2.05) is 0 Å². The van der Waals surface area contributed by atoms with Crippen LogP contribution in [0.3, 0.4) is 0 Å². The van der Waals surface area contributed by atoms with Crippen LogP contribution in [0.4, 0.5) is 8.78 Å². The molecule has 2 atom stereocenters. The lowest BCUT2D eigenvalue weighted by atomic mass is 9.75. The Balaban J connectivity index is 1.87. The first kappa shape index (κ1) is 13.3. The number of ether oxygens (including phenoxy) is 1. The molecule has 19 heavy (non-hydrogen) atoms. The number of rotatable bonds is 4. The molecule has 1 aliphatic heterocycles. The van der Waals surface area contributed by atoms with Gasteiger partial charge in [-0.25, -0.2) is 8.78 Å². The number of benzene rings is 1. The molecule has 1 aromatic rings. The summed E-state index contributed by atoms with van der Waals surface area (Å²) in [5.74, 6) is 0.234. The summed E-state index contributed by atoms with van der Waals surface area (Å²) in [5.41, 5.74) is 0.175. The first-order valence-electron chi connectivity index (χ1n) is 6.76.